The van der Waals surface area contributed by atoms with Crippen molar-refractivity contribution in [1.82, 2.24) is 14.8 Å². The highest BCUT2D eigenvalue weighted by atomic mass is 35.5. The molecule has 2 atom stereocenters. The van der Waals surface area contributed by atoms with Gasteiger partial charge in [0.05, 0.1) is 0 Å². The van der Waals surface area contributed by atoms with Gasteiger partial charge in [0.2, 0.25) is 5.91 Å². The fourth-order valence-electron chi connectivity index (χ4n) is 4.03. The number of carbonyl (C=O) groups excluding carboxylic acids is 1. The molecule has 1 saturated heterocycles. The molecule has 0 radical (unpaired) electrons. The fraction of sp³-hybridized carbons (Fsp3) is 0.286. The Morgan fingerprint density at radius 1 is 1.14 bits per heavy atom. The summed E-state index contributed by atoms with van der Waals surface area (Å²) in [5.74, 6) is 0.346. The molecule has 28 heavy (non-hydrogen) atoms. The number of amides is 1. The van der Waals surface area contributed by atoms with Gasteiger partial charge in [-0.3, -0.25) is 14.9 Å². The van der Waals surface area contributed by atoms with Crippen LogP contribution in [0.1, 0.15) is 23.6 Å². The zero-order valence-corrected chi connectivity index (χ0v) is 16.7. The van der Waals surface area contributed by atoms with Crippen LogP contribution in [0.5, 0.6) is 0 Å². The van der Waals surface area contributed by atoms with Gasteiger partial charge in [0.1, 0.15) is 0 Å². The van der Waals surface area contributed by atoms with Crippen LogP contribution in [-0.4, -0.2) is 33.6 Å². The van der Waals surface area contributed by atoms with Crippen molar-refractivity contribution in [2.75, 3.05) is 13.1 Å². The van der Waals surface area contributed by atoms with Gasteiger partial charge >= 0.3 is 0 Å². The molecular formula is C21H20ClN3O2S. The zero-order valence-electron chi connectivity index (χ0n) is 15.2. The molecule has 2 aliphatic heterocycles. The number of carbonyl (C=O) groups is 1. The monoisotopic (exact) mass is 413 g/mol. The van der Waals surface area contributed by atoms with Gasteiger partial charge in [0.25, 0.3) is 5.56 Å². The lowest BCUT2D eigenvalue weighted by Gasteiger charge is -2.43. The number of likely N-dealkylation sites (tertiary alicyclic amines) is 1. The summed E-state index contributed by atoms with van der Waals surface area (Å²) >= 11 is 11.3. The van der Waals surface area contributed by atoms with E-state index in [1.807, 2.05) is 33.7 Å². The Labute approximate surface area is 173 Å². The average Bonchev–Trinajstić information content (AvgIpc) is 2.68. The van der Waals surface area contributed by atoms with E-state index in [1.165, 1.54) is 6.08 Å². The standard InChI is InChI=1S/C21H20ClN3O2S/c22-17-7-4-14(5-8-17)6-9-19(26)23-21(28)24-11-15-10-16(13-24)18-2-1-3-20(27)25(18)12-15/h1-9,15-16H,10-13H2,(H,23,26,28)/b9-6+/t15-,16-/m1/s1. The van der Waals surface area contributed by atoms with E-state index in [0.29, 0.717) is 29.1 Å². The van der Waals surface area contributed by atoms with Crippen molar-refractivity contribution in [3.05, 3.63) is 75.2 Å². The number of fused-ring (bicyclic) bond motifs is 4. The van der Waals surface area contributed by atoms with E-state index < -0.39 is 0 Å². The molecule has 5 nitrogen and oxygen atoms in total. The van der Waals surface area contributed by atoms with Crippen molar-refractivity contribution in [2.45, 2.75) is 18.9 Å². The van der Waals surface area contributed by atoms with Crippen LogP contribution in [0.2, 0.25) is 5.02 Å². The van der Waals surface area contributed by atoms with Crippen molar-refractivity contribution in [2.24, 2.45) is 5.92 Å². The van der Waals surface area contributed by atoms with E-state index >= 15 is 0 Å². The van der Waals surface area contributed by atoms with Gasteiger partial charge in [0.15, 0.2) is 5.11 Å². The number of aromatic nitrogens is 1. The van der Waals surface area contributed by atoms with Gasteiger partial charge < -0.3 is 9.47 Å². The number of thiocarbonyl (C=S) groups is 1. The molecular weight excluding hydrogens is 394 g/mol. The van der Waals surface area contributed by atoms with E-state index in [4.69, 9.17) is 23.8 Å². The number of hydrogen-bond acceptors (Lipinski definition) is 3. The van der Waals surface area contributed by atoms with Gasteiger partial charge in [-0.2, -0.15) is 0 Å². The van der Waals surface area contributed by atoms with Crippen LogP contribution in [0.4, 0.5) is 0 Å². The molecule has 1 aromatic heterocycles. The SMILES string of the molecule is O=C(/C=C/c1ccc(Cl)cc1)NC(=S)N1C[C@H]2C[C@H](C1)c1cccc(=O)n1C2. The van der Waals surface area contributed by atoms with Crippen LogP contribution < -0.4 is 10.9 Å². The number of rotatable bonds is 2. The molecule has 1 fully saturated rings. The highest BCUT2D eigenvalue weighted by Gasteiger charge is 2.35. The summed E-state index contributed by atoms with van der Waals surface area (Å²) in [6.07, 6.45) is 4.24. The Bertz CT molecular complexity index is 999. The van der Waals surface area contributed by atoms with Crippen LogP contribution >= 0.6 is 23.8 Å². The molecule has 0 aliphatic carbocycles. The number of pyridine rings is 1. The molecule has 2 aliphatic rings. The first-order valence-corrected chi connectivity index (χ1v) is 10.0. The van der Waals surface area contributed by atoms with Crippen LogP contribution in [0, 0.1) is 5.92 Å². The van der Waals surface area contributed by atoms with Crippen LogP contribution in [0.3, 0.4) is 0 Å². The molecule has 0 saturated carbocycles. The quantitative estimate of drug-likeness (QED) is 0.607. The maximum Gasteiger partial charge on any atom is 0.250 e. The minimum atomic E-state index is -0.257. The molecule has 4 rings (SSSR count). The minimum Gasteiger partial charge on any atom is -0.348 e. The summed E-state index contributed by atoms with van der Waals surface area (Å²) in [4.78, 5) is 26.4. The third kappa shape index (κ3) is 4.03. The van der Waals surface area contributed by atoms with Crippen LogP contribution in [0.25, 0.3) is 6.08 Å². The van der Waals surface area contributed by atoms with Gasteiger partial charge in [-0.25, -0.2) is 0 Å². The number of piperidine rings is 1. The Balaban J connectivity index is 1.40. The van der Waals surface area contributed by atoms with Crippen molar-refractivity contribution >= 4 is 40.9 Å². The topological polar surface area (TPSA) is 54.3 Å². The lowest BCUT2D eigenvalue weighted by Crippen LogP contribution is -2.52. The van der Waals surface area contributed by atoms with Crippen molar-refractivity contribution in [3.63, 3.8) is 0 Å². The molecule has 2 aromatic rings. The summed E-state index contributed by atoms with van der Waals surface area (Å²) in [6.45, 7) is 2.16. The molecule has 3 heterocycles. The highest BCUT2D eigenvalue weighted by molar-refractivity contribution is 7.80. The molecule has 7 heteroatoms. The first kappa shape index (κ1) is 18.9. The normalized spacial score (nSPS) is 20.7. The second-order valence-corrected chi connectivity index (χ2v) is 8.11. The molecule has 1 amide bonds. The summed E-state index contributed by atoms with van der Waals surface area (Å²) < 4.78 is 1.88. The number of benzene rings is 1. The molecule has 1 N–H and O–H groups in total. The summed E-state index contributed by atoms with van der Waals surface area (Å²) in [5.41, 5.74) is 2.01. The third-order valence-corrected chi connectivity index (χ3v) is 5.91. The second-order valence-electron chi connectivity index (χ2n) is 7.28. The van der Waals surface area contributed by atoms with Gasteiger partial charge in [-0.05, 0) is 54.4 Å². The predicted octanol–water partition coefficient (Wildman–Crippen LogP) is 3.04. The summed E-state index contributed by atoms with van der Waals surface area (Å²) in [6, 6.07) is 12.7. The molecule has 144 valence electrons. The summed E-state index contributed by atoms with van der Waals surface area (Å²) in [7, 11) is 0. The van der Waals surface area contributed by atoms with Gasteiger partial charge in [0, 0.05) is 48.4 Å². The Morgan fingerprint density at radius 3 is 2.71 bits per heavy atom. The third-order valence-electron chi connectivity index (χ3n) is 5.29. The number of halogens is 1. The maximum absolute atomic E-state index is 12.2. The first-order valence-electron chi connectivity index (χ1n) is 9.23. The van der Waals surface area contributed by atoms with Gasteiger partial charge in [-0.15, -0.1) is 0 Å². The Morgan fingerprint density at radius 2 is 1.93 bits per heavy atom. The van der Waals surface area contributed by atoms with Crippen molar-refractivity contribution in [1.29, 1.82) is 0 Å². The number of hydrogen-bond donors (Lipinski definition) is 1. The highest BCUT2D eigenvalue weighted by Crippen LogP contribution is 2.34. The fourth-order valence-corrected chi connectivity index (χ4v) is 4.41. The Hall–Kier alpha value is -2.44. The van der Waals surface area contributed by atoms with E-state index in [2.05, 4.69) is 5.32 Å². The lowest BCUT2D eigenvalue weighted by atomic mass is 9.83. The molecule has 0 spiro atoms. The average molecular weight is 414 g/mol. The molecule has 2 bridgehead atoms. The van der Waals surface area contributed by atoms with E-state index in [0.717, 1.165) is 24.2 Å². The lowest BCUT2D eigenvalue weighted by molar-refractivity contribution is -0.115. The molecule has 1 aromatic carbocycles. The van der Waals surface area contributed by atoms with E-state index in [-0.39, 0.29) is 17.4 Å². The van der Waals surface area contributed by atoms with Crippen LogP contribution in [-0.2, 0) is 11.3 Å². The largest absolute Gasteiger partial charge is 0.348 e. The number of nitrogens with zero attached hydrogens (tertiary/aromatic N) is 2. The van der Waals surface area contributed by atoms with Crippen molar-refractivity contribution < 1.29 is 4.79 Å². The van der Waals surface area contributed by atoms with E-state index in [9.17, 15) is 9.59 Å². The Kier molecular flexibility index (Phi) is 5.33. The minimum absolute atomic E-state index is 0.0591. The summed E-state index contributed by atoms with van der Waals surface area (Å²) in [5, 5.41) is 3.89. The van der Waals surface area contributed by atoms with E-state index in [1.54, 1.807) is 24.3 Å². The second kappa shape index (κ2) is 7.89. The predicted molar refractivity (Wildman–Crippen MR) is 114 cm³/mol. The molecule has 0 unspecified atom stereocenters. The zero-order chi connectivity index (χ0) is 19.7. The number of nitrogens with one attached hydrogen (secondary N) is 1. The smallest absolute Gasteiger partial charge is 0.250 e. The van der Waals surface area contributed by atoms with Crippen LogP contribution in [0.15, 0.2) is 53.3 Å². The van der Waals surface area contributed by atoms with Crippen molar-refractivity contribution in [3.8, 4) is 0 Å². The maximum atomic E-state index is 12.2. The van der Waals surface area contributed by atoms with Gasteiger partial charge in [-0.1, -0.05) is 29.8 Å². The first-order chi connectivity index (χ1) is 13.5.